The van der Waals surface area contributed by atoms with Crippen LogP contribution in [0.2, 0.25) is 0 Å². The lowest BCUT2D eigenvalue weighted by Gasteiger charge is -2.32. The van der Waals surface area contributed by atoms with Crippen molar-refractivity contribution in [3.63, 3.8) is 0 Å². The summed E-state index contributed by atoms with van der Waals surface area (Å²) in [5.41, 5.74) is -0.409. The highest BCUT2D eigenvalue weighted by molar-refractivity contribution is 7.19. The van der Waals surface area contributed by atoms with Crippen LogP contribution in [0.25, 0.3) is 10.1 Å². The quantitative estimate of drug-likeness (QED) is 0.730. The Morgan fingerprint density at radius 3 is 2.18 bits per heavy atom. The van der Waals surface area contributed by atoms with E-state index in [2.05, 4.69) is 0 Å². The molecule has 0 bridgehead atoms. The maximum atomic E-state index is 12.9. The van der Waals surface area contributed by atoms with Gasteiger partial charge in [0.15, 0.2) is 0 Å². The first-order valence-corrected chi connectivity index (χ1v) is 7.78. The third-order valence-electron chi connectivity index (χ3n) is 4.38. The zero-order valence-electron chi connectivity index (χ0n) is 12.7. The van der Waals surface area contributed by atoms with E-state index in [0.717, 1.165) is 11.3 Å². The molecule has 2 aromatic rings. The molecule has 1 aliphatic heterocycles. The van der Waals surface area contributed by atoms with Crippen LogP contribution in [0.15, 0.2) is 24.3 Å². The van der Waals surface area contributed by atoms with E-state index in [0.29, 0.717) is 15.5 Å². The minimum atomic E-state index is -4.34. The first-order chi connectivity index (χ1) is 10.0. The van der Waals surface area contributed by atoms with Crippen LogP contribution >= 0.6 is 11.3 Å². The van der Waals surface area contributed by atoms with Crippen LogP contribution in [0.5, 0.6) is 0 Å². The minimum Gasteiger partial charge on any atom is -0.399 e. The molecule has 0 saturated carbocycles. The van der Waals surface area contributed by atoms with E-state index in [4.69, 9.17) is 9.31 Å². The molecule has 1 saturated heterocycles. The molecule has 0 spiro atoms. The van der Waals surface area contributed by atoms with E-state index in [1.54, 1.807) is 18.2 Å². The van der Waals surface area contributed by atoms with Gasteiger partial charge in [-0.3, -0.25) is 0 Å². The molecule has 1 aliphatic rings. The number of fused-ring (bicyclic) bond motifs is 1. The van der Waals surface area contributed by atoms with Crippen molar-refractivity contribution in [2.75, 3.05) is 0 Å². The van der Waals surface area contributed by atoms with Crippen molar-refractivity contribution in [1.82, 2.24) is 0 Å². The predicted octanol–water partition coefficient (Wildman–Crippen LogP) is 4.22. The molecule has 7 heteroatoms. The third-order valence-corrected chi connectivity index (χ3v) is 5.53. The van der Waals surface area contributed by atoms with Gasteiger partial charge in [-0.2, -0.15) is 13.2 Å². The van der Waals surface area contributed by atoms with Gasteiger partial charge in [0, 0.05) is 4.70 Å². The van der Waals surface area contributed by atoms with Crippen LogP contribution in [-0.2, 0) is 15.5 Å². The maximum absolute atomic E-state index is 12.9. The lowest BCUT2D eigenvalue weighted by Crippen LogP contribution is -2.41. The van der Waals surface area contributed by atoms with Crippen LogP contribution in [0.3, 0.4) is 0 Å². The Balaban J connectivity index is 2.07. The Labute approximate surface area is 131 Å². The van der Waals surface area contributed by atoms with Gasteiger partial charge in [0.2, 0.25) is 0 Å². The molecule has 3 rings (SSSR count). The lowest BCUT2D eigenvalue weighted by atomic mass is 9.77. The molecule has 1 aromatic heterocycles. The van der Waals surface area contributed by atoms with Crippen molar-refractivity contribution in [2.45, 2.75) is 45.1 Å². The number of hydrogen-bond acceptors (Lipinski definition) is 3. The summed E-state index contributed by atoms with van der Waals surface area (Å²) in [6, 6.07) is 6.36. The molecule has 2 heterocycles. The second-order valence-electron chi connectivity index (χ2n) is 6.46. The summed E-state index contributed by atoms with van der Waals surface area (Å²) < 4.78 is 51.3. The molecule has 0 aliphatic carbocycles. The number of alkyl halides is 3. The number of hydrogen-bond donors (Lipinski definition) is 0. The SMILES string of the molecule is CC1(C)OB(c2cccc3sc(C(F)(F)F)cc23)OC1(C)C. The first kappa shape index (κ1) is 15.8. The summed E-state index contributed by atoms with van der Waals surface area (Å²) in [6.45, 7) is 7.67. The van der Waals surface area contributed by atoms with Gasteiger partial charge in [0.25, 0.3) is 0 Å². The monoisotopic (exact) mass is 328 g/mol. The number of rotatable bonds is 1. The topological polar surface area (TPSA) is 18.5 Å². The zero-order valence-corrected chi connectivity index (χ0v) is 13.6. The summed E-state index contributed by atoms with van der Waals surface area (Å²) in [5, 5.41) is 0.540. The molecule has 1 aromatic carbocycles. The fourth-order valence-electron chi connectivity index (χ4n) is 2.40. The smallest absolute Gasteiger partial charge is 0.399 e. The van der Waals surface area contributed by atoms with Crippen LogP contribution in [0, 0.1) is 0 Å². The van der Waals surface area contributed by atoms with Crippen molar-refractivity contribution in [3.8, 4) is 0 Å². The number of thiophene rings is 1. The van der Waals surface area contributed by atoms with E-state index < -0.39 is 29.4 Å². The van der Waals surface area contributed by atoms with Gasteiger partial charge in [-0.25, -0.2) is 0 Å². The van der Waals surface area contributed by atoms with Gasteiger partial charge < -0.3 is 9.31 Å². The highest BCUT2D eigenvalue weighted by atomic mass is 32.1. The average Bonchev–Trinajstić information content (AvgIpc) is 2.88. The Morgan fingerprint density at radius 2 is 1.64 bits per heavy atom. The highest BCUT2D eigenvalue weighted by Gasteiger charge is 2.52. The predicted molar refractivity (Wildman–Crippen MR) is 82.5 cm³/mol. The highest BCUT2D eigenvalue weighted by Crippen LogP contribution is 2.40. The Kier molecular flexibility index (Phi) is 3.40. The summed E-state index contributed by atoms with van der Waals surface area (Å²) >= 11 is 0.741. The zero-order chi connectivity index (χ0) is 16.3. The van der Waals surface area contributed by atoms with Crippen LogP contribution in [-0.4, -0.2) is 18.3 Å². The molecular weight excluding hydrogens is 312 g/mol. The summed E-state index contributed by atoms with van der Waals surface area (Å²) in [7, 11) is -0.663. The Hall–Kier alpha value is -1.05. The Bertz CT molecular complexity index is 705. The van der Waals surface area contributed by atoms with Gasteiger partial charge in [-0.15, -0.1) is 11.3 Å². The van der Waals surface area contributed by atoms with Crippen molar-refractivity contribution >= 4 is 34.0 Å². The van der Waals surface area contributed by atoms with Crippen molar-refractivity contribution in [2.24, 2.45) is 0 Å². The molecule has 118 valence electrons. The average molecular weight is 328 g/mol. The Morgan fingerprint density at radius 1 is 1.05 bits per heavy atom. The van der Waals surface area contributed by atoms with E-state index >= 15 is 0 Å². The van der Waals surface area contributed by atoms with Crippen LogP contribution in [0.1, 0.15) is 32.6 Å². The van der Waals surface area contributed by atoms with Crippen molar-refractivity contribution in [1.29, 1.82) is 0 Å². The molecule has 1 fully saturated rings. The van der Waals surface area contributed by atoms with Crippen LogP contribution < -0.4 is 5.46 Å². The van der Waals surface area contributed by atoms with Gasteiger partial charge in [-0.05, 0) is 50.7 Å². The number of halogens is 3. The van der Waals surface area contributed by atoms with Crippen molar-refractivity contribution in [3.05, 3.63) is 29.1 Å². The van der Waals surface area contributed by atoms with Gasteiger partial charge in [0.05, 0.1) is 11.2 Å². The van der Waals surface area contributed by atoms with Crippen molar-refractivity contribution < 1.29 is 22.5 Å². The second-order valence-corrected chi connectivity index (χ2v) is 7.54. The molecule has 22 heavy (non-hydrogen) atoms. The number of benzene rings is 1. The van der Waals surface area contributed by atoms with Gasteiger partial charge in [0.1, 0.15) is 4.88 Å². The molecule has 0 atom stereocenters. The molecule has 2 nitrogen and oxygen atoms in total. The van der Waals surface area contributed by atoms with E-state index in [-0.39, 0.29) is 0 Å². The van der Waals surface area contributed by atoms with Crippen LogP contribution in [0.4, 0.5) is 13.2 Å². The molecule has 0 N–H and O–H groups in total. The fourth-order valence-corrected chi connectivity index (χ4v) is 3.36. The fraction of sp³-hybridized carbons (Fsp3) is 0.467. The third kappa shape index (κ3) is 2.45. The first-order valence-electron chi connectivity index (χ1n) is 6.96. The molecule has 0 radical (unpaired) electrons. The summed E-state index contributed by atoms with van der Waals surface area (Å²) in [4.78, 5) is -0.605. The normalized spacial score (nSPS) is 20.8. The molecule has 0 amide bonds. The summed E-state index contributed by atoms with van der Waals surface area (Å²) in [5.74, 6) is 0. The second kappa shape index (κ2) is 4.72. The summed E-state index contributed by atoms with van der Waals surface area (Å²) in [6.07, 6.45) is -4.34. The maximum Gasteiger partial charge on any atom is 0.495 e. The largest absolute Gasteiger partial charge is 0.495 e. The standard InChI is InChI=1S/C15H16BF3O2S/c1-13(2)14(3,4)21-16(20-13)10-6-5-7-11-9(10)8-12(22-11)15(17,18)19/h5-8H,1-4H3. The molecule has 0 unspecified atom stereocenters. The van der Waals surface area contributed by atoms with Gasteiger partial charge in [-0.1, -0.05) is 12.1 Å². The van der Waals surface area contributed by atoms with E-state index in [1.807, 2.05) is 27.7 Å². The van der Waals surface area contributed by atoms with E-state index in [9.17, 15) is 13.2 Å². The molecular formula is C15H16BF3O2S. The minimum absolute atomic E-state index is 0.525. The lowest BCUT2D eigenvalue weighted by molar-refractivity contribution is -0.134. The van der Waals surface area contributed by atoms with Gasteiger partial charge >= 0.3 is 13.3 Å². The van der Waals surface area contributed by atoms with E-state index in [1.165, 1.54) is 6.07 Å².